The van der Waals surface area contributed by atoms with Crippen molar-refractivity contribution in [3.63, 3.8) is 0 Å². The molecule has 0 saturated carbocycles. The number of anilines is 1. The number of nitrogens with zero attached hydrogens (tertiary/aromatic N) is 2. The molecule has 1 saturated heterocycles. The van der Waals surface area contributed by atoms with E-state index in [0.29, 0.717) is 11.9 Å². The van der Waals surface area contributed by atoms with Gasteiger partial charge < -0.3 is 20.7 Å². The Balaban J connectivity index is 0.00000288. The van der Waals surface area contributed by atoms with Crippen LogP contribution in [-0.4, -0.2) is 44.1 Å². The number of nitrogens with two attached hydrogens (primary N) is 1. The molecule has 1 fully saturated rings. The lowest BCUT2D eigenvalue weighted by Crippen LogP contribution is -2.39. The number of likely N-dealkylation sites (tertiary alicyclic amines) is 1. The van der Waals surface area contributed by atoms with Gasteiger partial charge in [0, 0.05) is 25.3 Å². The van der Waals surface area contributed by atoms with Crippen molar-refractivity contribution in [3.8, 4) is 5.75 Å². The van der Waals surface area contributed by atoms with E-state index < -0.39 is 0 Å². The van der Waals surface area contributed by atoms with Gasteiger partial charge in [0.2, 0.25) is 0 Å². The van der Waals surface area contributed by atoms with Crippen molar-refractivity contribution in [2.45, 2.75) is 26.7 Å². The number of rotatable bonds is 6. The van der Waals surface area contributed by atoms with Gasteiger partial charge >= 0.3 is 0 Å². The molecule has 0 bridgehead atoms. The molecular formula is C18H31IN4O. The van der Waals surface area contributed by atoms with Crippen LogP contribution in [0, 0.1) is 11.8 Å². The van der Waals surface area contributed by atoms with Crippen LogP contribution in [0.5, 0.6) is 5.75 Å². The minimum Gasteiger partial charge on any atom is -0.497 e. The highest BCUT2D eigenvalue weighted by atomic mass is 127. The quantitative estimate of drug-likeness (QED) is 0.400. The van der Waals surface area contributed by atoms with E-state index in [-0.39, 0.29) is 24.0 Å². The van der Waals surface area contributed by atoms with Crippen LogP contribution in [0.4, 0.5) is 5.69 Å². The number of ether oxygens (including phenoxy) is 1. The number of hydrogen-bond acceptors (Lipinski definition) is 3. The maximum atomic E-state index is 6.00. The Hall–Kier alpha value is -1.02. The first-order valence-electron chi connectivity index (χ1n) is 8.50. The van der Waals surface area contributed by atoms with Gasteiger partial charge in [-0.1, -0.05) is 13.8 Å². The van der Waals surface area contributed by atoms with Crippen LogP contribution in [0.3, 0.4) is 0 Å². The standard InChI is InChI=1S/C18H30N4O.HI/c1-14(2)12-22-10-4-5-15(13-22)11-20-18(19)21-16-6-8-17(23-3)9-7-16;/h6-9,14-15H,4-5,10-13H2,1-3H3,(H3,19,20,21);1H. The molecule has 1 heterocycles. The first-order chi connectivity index (χ1) is 11.1. The van der Waals surface area contributed by atoms with E-state index in [4.69, 9.17) is 10.5 Å². The van der Waals surface area contributed by atoms with Crippen LogP contribution < -0.4 is 15.8 Å². The summed E-state index contributed by atoms with van der Waals surface area (Å²) in [6.07, 6.45) is 2.51. The second-order valence-corrected chi connectivity index (χ2v) is 6.74. The van der Waals surface area contributed by atoms with Gasteiger partial charge in [-0.15, -0.1) is 24.0 Å². The summed E-state index contributed by atoms with van der Waals surface area (Å²) in [4.78, 5) is 7.08. The Morgan fingerprint density at radius 1 is 1.38 bits per heavy atom. The minimum atomic E-state index is 0. The molecule has 0 radical (unpaired) electrons. The Bertz CT molecular complexity index is 504. The first kappa shape index (κ1) is 21.0. The molecule has 0 amide bonds. The van der Waals surface area contributed by atoms with E-state index in [1.165, 1.54) is 25.9 Å². The molecule has 1 atom stereocenters. The fourth-order valence-corrected chi connectivity index (χ4v) is 3.07. The number of halogens is 1. The van der Waals surface area contributed by atoms with Gasteiger partial charge in [0.15, 0.2) is 5.96 Å². The Kier molecular flexibility index (Phi) is 9.43. The fraction of sp³-hybridized carbons (Fsp3) is 0.611. The maximum absolute atomic E-state index is 6.00. The number of hydrogen-bond donors (Lipinski definition) is 2. The Morgan fingerprint density at radius 3 is 2.71 bits per heavy atom. The molecule has 0 aromatic heterocycles. The molecule has 1 aliphatic heterocycles. The molecule has 0 aliphatic carbocycles. The number of guanidine groups is 1. The summed E-state index contributed by atoms with van der Waals surface area (Å²) in [5.41, 5.74) is 6.93. The highest BCUT2D eigenvalue weighted by Gasteiger charge is 2.20. The average molecular weight is 446 g/mol. The lowest BCUT2D eigenvalue weighted by molar-refractivity contribution is 0.162. The molecule has 2 rings (SSSR count). The molecule has 0 spiro atoms. The van der Waals surface area contributed by atoms with Gasteiger partial charge in [-0.05, 0) is 55.5 Å². The number of aliphatic imine (C=N–C) groups is 1. The van der Waals surface area contributed by atoms with Gasteiger partial charge in [0.05, 0.1) is 7.11 Å². The molecule has 6 heteroatoms. The third-order valence-electron chi connectivity index (χ3n) is 4.11. The zero-order valence-corrected chi connectivity index (χ0v) is 17.3. The predicted octanol–water partition coefficient (Wildman–Crippen LogP) is 3.41. The maximum Gasteiger partial charge on any atom is 0.193 e. The van der Waals surface area contributed by atoms with Crippen LogP contribution in [0.2, 0.25) is 0 Å². The highest BCUT2D eigenvalue weighted by molar-refractivity contribution is 14.0. The number of nitrogens with one attached hydrogen (secondary N) is 1. The van der Waals surface area contributed by atoms with Crippen molar-refractivity contribution < 1.29 is 4.74 Å². The van der Waals surface area contributed by atoms with Crippen LogP contribution in [0.15, 0.2) is 29.3 Å². The van der Waals surface area contributed by atoms with Crippen LogP contribution in [-0.2, 0) is 0 Å². The molecule has 1 aromatic carbocycles. The second-order valence-electron chi connectivity index (χ2n) is 6.74. The first-order valence-corrected chi connectivity index (χ1v) is 8.50. The van der Waals surface area contributed by atoms with Gasteiger partial charge in [-0.2, -0.15) is 0 Å². The normalized spacial score (nSPS) is 19.0. The third-order valence-corrected chi connectivity index (χ3v) is 4.11. The molecule has 24 heavy (non-hydrogen) atoms. The SMILES string of the molecule is COc1ccc(NC(N)=NCC2CCCN(CC(C)C)C2)cc1.I. The van der Waals surface area contributed by atoms with Gasteiger partial charge in [-0.25, -0.2) is 0 Å². The Morgan fingerprint density at radius 2 is 2.08 bits per heavy atom. The molecule has 1 aliphatic rings. The molecule has 3 N–H and O–H groups in total. The van der Waals surface area contributed by atoms with E-state index in [2.05, 4.69) is 29.1 Å². The van der Waals surface area contributed by atoms with E-state index >= 15 is 0 Å². The van der Waals surface area contributed by atoms with Gasteiger partial charge in [0.1, 0.15) is 5.75 Å². The zero-order chi connectivity index (χ0) is 16.7. The molecule has 1 unspecified atom stereocenters. The van der Waals surface area contributed by atoms with Crippen molar-refractivity contribution in [3.05, 3.63) is 24.3 Å². The van der Waals surface area contributed by atoms with Gasteiger partial charge in [-0.3, -0.25) is 4.99 Å². The average Bonchev–Trinajstić information content (AvgIpc) is 2.53. The van der Waals surface area contributed by atoms with Crippen molar-refractivity contribution in [1.29, 1.82) is 0 Å². The number of benzene rings is 1. The van der Waals surface area contributed by atoms with Crippen molar-refractivity contribution in [2.24, 2.45) is 22.6 Å². The summed E-state index contributed by atoms with van der Waals surface area (Å²) in [5, 5.41) is 3.13. The summed E-state index contributed by atoms with van der Waals surface area (Å²) in [6, 6.07) is 7.68. The summed E-state index contributed by atoms with van der Waals surface area (Å²) >= 11 is 0. The Labute approximate surface area is 163 Å². The fourth-order valence-electron chi connectivity index (χ4n) is 3.07. The van der Waals surface area contributed by atoms with Crippen molar-refractivity contribution in [1.82, 2.24) is 4.90 Å². The van der Waals surface area contributed by atoms with E-state index in [9.17, 15) is 0 Å². The van der Waals surface area contributed by atoms with Crippen LogP contribution in [0.25, 0.3) is 0 Å². The monoisotopic (exact) mass is 446 g/mol. The zero-order valence-electron chi connectivity index (χ0n) is 15.0. The number of piperidine rings is 1. The van der Waals surface area contributed by atoms with Gasteiger partial charge in [0.25, 0.3) is 0 Å². The minimum absolute atomic E-state index is 0. The summed E-state index contributed by atoms with van der Waals surface area (Å²) in [5.74, 6) is 2.65. The van der Waals surface area contributed by atoms with Crippen molar-refractivity contribution in [2.75, 3.05) is 38.6 Å². The third kappa shape index (κ3) is 7.25. The molecule has 1 aromatic rings. The summed E-state index contributed by atoms with van der Waals surface area (Å²) in [7, 11) is 1.66. The molecule has 136 valence electrons. The topological polar surface area (TPSA) is 62.9 Å². The lowest BCUT2D eigenvalue weighted by atomic mass is 9.97. The largest absolute Gasteiger partial charge is 0.497 e. The number of methoxy groups -OCH3 is 1. The highest BCUT2D eigenvalue weighted by Crippen LogP contribution is 2.18. The van der Waals surface area contributed by atoms with Crippen LogP contribution >= 0.6 is 24.0 Å². The van der Waals surface area contributed by atoms with E-state index in [0.717, 1.165) is 30.4 Å². The van der Waals surface area contributed by atoms with E-state index in [1.54, 1.807) is 7.11 Å². The smallest absolute Gasteiger partial charge is 0.193 e. The van der Waals surface area contributed by atoms with Crippen molar-refractivity contribution >= 4 is 35.6 Å². The summed E-state index contributed by atoms with van der Waals surface area (Å²) < 4.78 is 5.14. The molecular weight excluding hydrogens is 415 g/mol. The summed E-state index contributed by atoms with van der Waals surface area (Å²) in [6.45, 7) is 8.88. The lowest BCUT2D eigenvalue weighted by Gasteiger charge is -2.33. The van der Waals surface area contributed by atoms with E-state index in [1.807, 2.05) is 24.3 Å². The molecule has 5 nitrogen and oxygen atoms in total. The predicted molar refractivity (Wildman–Crippen MR) is 113 cm³/mol. The van der Waals surface area contributed by atoms with Crippen LogP contribution in [0.1, 0.15) is 26.7 Å². The second kappa shape index (κ2) is 10.8.